The molecule has 0 saturated carbocycles. The minimum atomic E-state index is -0.102. The van der Waals surface area contributed by atoms with Crippen molar-refractivity contribution >= 4 is 11.8 Å². The molecule has 2 atom stereocenters. The van der Waals surface area contributed by atoms with E-state index in [0.717, 1.165) is 36.1 Å². The van der Waals surface area contributed by atoms with Crippen molar-refractivity contribution in [2.75, 3.05) is 25.2 Å². The molecule has 1 aromatic rings. The van der Waals surface area contributed by atoms with Crippen molar-refractivity contribution in [3.8, 4) is 5.75 Å². The SMILES string of the molecule is CCn1ncc(OC)c1C(NN)C1CSCCO1. The highest BCUT2D eigenvalue weighted by molar-refractivity contribution is 7.99. The molecule has 18 heavy (non-hydrogen) atoms. The largest absolute Gasteiger partial charge is 0.493 e. The highest BCUT2D eigenvalue weighted by Crippen LogP contribution is 2.31. The number of ether oxygens (including phenoxy) is 2. The van der Waals surface area contributed by atoms with Gasteiger partial charge in [0.15, 0.2) is 5.75 Å². The van der Waals surface area contributed by atoms with Gasteiger partial charge in [-0.25, -0.2) is 5.43 Å². The van der Waals surface area contributed by atoms with E-state index in [1.165, 1.54) is 0 Å². The van der Waals surface area contributed by atoms with Gasteiger partial charge in [0.05, 0.1) is 32.1 Å². The van der Waals surface area contributed by atoms with Crippen LogP contribution in [-0.4, -0.2) is 41.1 Å². The van der Waals surface area contributed by atoms with Crippen molar-refractivity contribution in [1.29, 1.82) is 0 Å². The van der Waals surface area contributed by atoms with Crippen LogP contribution in [0.2, 0.25) is 0 Å². The minimum Gasteiger partial charge on any atom is -0.493 e. The monoisotopic (exact) mass is 272 g/mol. The van der Waals surface area contributed by atoms with E-state index in [9.17, 15) is 0 Å². The molecule has 1 saturated heterocycles. The molecule has 6 nitrogen and oxygen atoms in total. The second kappa shape index (κ2) is 6.42. The first-order valence-electron chi connectivity index (χ1n) is 6.07. The number of thioether (sulfide) groups is 1. The van der Waals surface area contributed by atoms with E-state index in [1.807, 2.05) is 23.4 Å². The molecule has 1 aliphatic rings. The Bertz CT molecular complexity index is 358. The van der Waals surface area contributed by atoms with E-state index in [4.69, 9.17) is 15.3 Å². The van der Waals surface area contributed by atoms with Gasteiger partial charge in [0.2, 0.25) is 0 Å². The van der Waals surface area contributed by atoms with Crippen LogP contribution >= 0.6 is 11.8 Å². The van der Waals surface area contributed by atoms with Crippen molar-refractivity contribution in [2.24, 2.45) is 5.84 Å². The highest BCUT2D eigenvalue weighted by atomic mass is 32.2. The number of nitrogens with two attached hydrogens (primary N) is 1. The first-order chi connectivity index (χ1) is 8.81. The lowest BCUT2D eigenvalue weighted by Gasteiger charge is -2.30. The summed E-state index contributed by atoms with van der Waals surface area (Å²) in [5.74, 6) is 8.42. The Balaban J connectivity index is 2.27. The fourth-order valence-electron chi connectivity index (χ4n) is 2.16. The predicted octanol–water partition coefficient (Wildman–Crippen LogP) is 0.548. The summed E-state index contributed by atoms with van der Waals surface area (Å²) in [4.78, 5) is 0. The van der Waals surface area contributed by atoms with Crippen LogP contribution in [0.3, 0.4) is 0 Å². The number of methoxy groups -OCH3 is 1. The second-order valence-electron chi connectivity index (χ2n) is 4.04. The van der Waals surface area contributed by atoms with Crippen LogP contribution in [0.5, 0.6) is 5.75 Å². The number of rotatable bonds is 5. The molecule has 2 unspecified atom stereocenters. The van der Waals surface area contributed by atoms with Gasteiger partial charge in [-0.3, -0.25) is 10.5 Å². The number of nitrogens with zero attached hydrogens (tertiary/aromatic N) is 2. The Labute approximate surface area is 111 Å². The summed E-state index contributed by atoms with van der Waals surface area (Å²) in [7, 11) is 1.64. The van der Waals surface area contributed by atoms with Gasteiger partial charge < -0.3 is 9.47 Å². The molecule has 0 amide bonds. The van der Waals surface area contributed by atoms with Gasteiger partial charge in [-0.15, -0.1) is 0 Å². The molecule has 1 aromatic heterocycles. The van der Waals surface area contributed by atoms with Gasteiger partial charge in [-0.2, -0.15) is 16.9 Å². The minimum absolute atomic E-state index is 0.0460. The predicted molar refractivity (Wildman–Crippen MR) is 71.6 cm³/mol. The van der Waals surface area contributed by atoms with Gasteiger partial charge in [0, 0.05) is 18.1 Å². The highest BCUT2D eigenvalue weighted by Gasteiger charge is 2.30. The van der Waals surface area contributed by atoms with E-state index in [2.05, 4.69) is 10.5 Å². The van der Waals surface area contributed by atoms with Crippen LogP contribution in [0.4, 0.5) is 0 Å². The van der Waals surface area contributed by atoms with E-state index in [0.29, 0.717) is 0 Å². The van der Waals surface area contributed by atoms with Crippen LogP contribution in [0.15, 0.2) is 6.20 Å². The lowest BCUT2D eigenvalue weighted by Crippen LogP contribution is -2.42. The molecule has 1 fully saturated rings. The van der Waals surface area contributed by atoms with E-state index < -0.39 is 0 Å². The Kier molecular flexibility index (Phi) is 4.87. The summed E-state index contributed by atoms with van der Waals surface area (Å²) in [6, 6.07) is -0.102. The molecule has 102 valence electrons. The lowest BCUT2D eigenvalue weighted by molar-refractivity contribution is 0.0437. The van der Waals surface area contributed by atoms with Crippen LogP contribution in [-0.2, 0) is 11.3 Å². The maximum Gasteiger partial charge on any atom is 0.161 e. The summed E-state index contributed by atoms with van der Waals surface area (Å²) in [6.45, 7) is 3.58. The Morgan fingerprint density at radius 2 is 2.61 bits per heavy atom. The van der Waals surface area contributed by atoms with Crippen molar-refractivity contribution in [1.82, 2.24) is 15.2 Å². The molecule has 3 N–H and O–H groups in total. The molecule has 2 heterocycles. The van der Waals surface area contributed by atoms with Gasteiger partial charge in [-0.1, -0.05) is 0 Å². The third-order valence-electron chi connectivity index (χ3n) is 3.05. The van der Waals surface area contributed by atoms with E-state index >= 15 is 0 Å². The summed E-state index contributed by atoms with van der Waals surface area (Å²) in [5, 5.41) is 4.30. The van der Waals surface area contributed by atoms with Gasteiger partial charge in [0.1, 0.15) is 5.69 Å². The molecule has 0 spiro atoms. The maximum absolute atomic E-state index is 5.79. The van der Waals surface area contributed by atoms with Crippen LogP contribution < -0.4 is 16.0 Å². The van der Waals surface area contributed by atoms with Crippen LogP contribution in [0, 0.1) is 0 Å². The number of hydrogen-bond donors (Lipinski definition) is 2. The number of hydrazine groups is 1. The molecule has 0 aliphatic carbocycles. The van der Waals surface area contributed by atoms with Crippen molar-refractivity contribution in [2.45, 2.75) is 25.6 Å². The molecule has 7 heteroatoms. The zero-order chi connectivity index (χ0) is 13.0. The third-order valence-corrected chi connectivity index (χ3v) is 4.07. The summed E-state index contributed by atoms with van der Waals surface area (Å²) in [6.07, 6.45) is 1.77. The number of nitrogens with one attached hydrogen (secondary N) is 1. The number of hydrogen-bond acceptors (Lipinski definition) is 6. The topological polar surface area (TPSA) is 74.3 Å². The van der Waals surface area contributed by atoms with E-state index in [1.54, 1.807) is 13.3 Å². The van der Waals surface area contributed by atoms with Gasteiger partial charge in [-0.05, 0) is 6.92 Å². The summed E-state index contributed by atoms with van der Waals surface area (Å²) >= 11 is 1.88. The Hall–Kier alpha value is -0.760. The molecule has 2 rings (SSSR count). The normalized spacial score (nSPS) is 21.8. The first-order valence-corrected chi connectivity index (χ1v) is 7.22. The van der Waals surface area contributed by atoms with Crippen LogP contribution in [0.25, 0.3) is 0 Å². The number of aryl methyl sites for hydroxylation is 1. The molecule has 0 bridgehead atoms. The zero-order valence-electron chi connectivity index (χ0n) is 10.8. The van der Waals surface area contributed by atoms with Crippen molar-refractivity contribution < 1.29 is 9.47 Å². The fraction of sp³-hybridized carbons (Fsp3) is 0.727. The average Bonchev–Trinajstić information content (AvgIpc) is 2.84. The standard InChI is InChI=1S/C11H20N4O2S/c1-3-15-11(8(16-2)6-13-15)10(14-12)9-7-18-5-4-17-9/h6,9-10,14H,3-5,7,12H2,1-2H3. The smallest absolute Gasteiger partial charge is 0.161 e. The summed E-state index contributed by atoms with van der Waals surface area (Å²) < 4.78 is 13.0. The lowest BCUT2D eigenvalue weighted by atomic mass is 10.1. The quantitative estimate of drug-likeness (QED) is 0.602. The van der Waals surface area contributed by atoms with E-state index in [-0.39, 0.29) is 12.1 Å². The molecule has 0 radical (unpaired) electrons. The second-order valence-corrected chi connectivity index (χ2v) is 5.19. The number of aromatic nitrogens is 2. The average molecular weight is 272 g/mol. The molecule has 1 aliphatic heterocycles. The fourth-order valence-corrected chi connectivity index (χ4v) is 3.06. The molecular weight excluding hydrogens is 252 g/mol. The zero-order valence-corrected chi connectivity index (χ0v) is 11.6. The third kappa shape index (κ3) is 2.64. The summed E-state index contributed by atoms with van der Waals surface area (Å²) in [5.41, 5.74) is 3.80. The Morgan fingerprint density at radius 3 is 3.17 bits per heavy atom. The molecular formula is C11H20N4O2S. The van der Waals surface area contributed by atoms with Crippen molar-refractivity contribution in [3.05, 3.63) is 11.9 Å². The first kappa shape index (κ1) is 13.7. The molecule has 0 aromatic carbocycles. The maximum atomic E-state index is 5.79. The Morgan fingerprint density at radius 1 is 1.78 bits per heavy atom. The van der Waals surface area contributed by atoms with Gasteiger partial charge in [0.25, 0.3) is 0 Å². The van der Waals surface area contributed by atoms with Gasteiger partial charge >= 0.3 is 0 Å². The van der Waals surface area contributed by atoms with Crippen LogP contribution in [0.1, 0.15) is 18.7 Å². The van der Waals surface area contributed by atoms with Crippen molar-refractivity contribution in [3.63, 3.8) is 0 Å².